The highest BCUT2D eigenvalue weighted by atomic mass is 35.5. The van der Waals surface area contributed by atoms with Gasteiger partial charge in [0.15, 0.2) is 0 Å². The van der Waals surface area contributed by atoms with Crippen LogP contribution in [0.15, 0.2) is 12.4 Å². The number of aromatic nitrogens is 2. The second-order valence-corrected chi connectivity index (χ2v) is 4.12. The summed E-state index contributed by atoms with van der Waals surface area (Å²) in [5.41, 5.74) is 0. The molecule has 1 aliphatic heterocycles. The average molecular weight is 273 g/mol. The predicted octanol–water partition coefficient (Wildman–Crippen LogP) is 1.49. The third-order valence-electron chi connectivity index (χ3n) is 3.02. The van der Waals surface area contributed by atoms with Gasteiger partial charge in [-0.1, -0.05) is 0 Å². The largest absolute Gasteiger partial charge is 0.473 e. The second kappa shape index (κ2) is 7.38. The lowest BCUT2D eigenvalue weighted by Crippen LogP contribution is -2.24. The highest BCUT2D eigenvalue weighted by Gasteiger charge is 2.17. The highest BCUT2D eigenvalue weighted by Crippen LogP contribution is 2.17. The van der Waals surface area contributed by atoms with Crippen molar-refractivity contribution in [1.82, 2.24) is 15.3 Å². The van der Waals surface area contributed by atoms with E-state index in [2.05, 4.69) is 34.0 Å². The Balaban J connectivity index is 0.00000162. The third kappa shape index (κ3) is 3.71. The first kappa shape index (κ1) is 15.0. The van der Waals surface area contributed by atoms with Gasteiger partial charge in [-0.3, -0.25) is 0 Å². The summed E-state index contributed by atoms with van der Waals surface area (Å²) in [6, 6.07) is 1.92. The van der Waals surface area contributed by atoms with Gasteiger partial charge in [0.05, 0.1) is 0 Å². The molecule has 0 unspecified atom stereocenters. The summed E-state index contributed by atoms with van der Waals surface area (Å²) in [5.74, 6) is 1.61. The molecule has 1 aromatic heterocycles. The molecule has 18 heavy (non-hydrogen) atoms. The molecule has 0 saturated carbocycles. The molecule has 1 atom stereocenters. The van der Waals surface area contributed by atoms with E-state index in [4.69, 9.17) is 4.74 Å². The van der Waals surface area contributed by atoms with Crippen LogP contribution in [0.1, 0.15) is 20.3 Å². The van der Waals surface area contributed by atoms with Gasteiger partial charge in [0, 0.05) is 25.7 Å². The molecule has 0 aromatic carbocycles. The van der Waals surface area contributed by atoms with Gasteiger partial charge in [0.2, 0.25) is 5.88 Å². The van der Waals surface area contributed by atoms with Crippen molar-refractivity contribution in [2.75, 3.05) is 31.1 Å². The fourth-order valence-electron chi connectivity index (χ4n) is 2.01. The first-order valence-corrected chi connectivity index (χ1v) is 6.27. The van der Waals surface area contributed by atoms with E-state index < -0.39 is 0 Å². The summed E-state index contributed by atoms with van der Waals surface area (Å²) < 4.78 is 5.81. The molecule has 5 nitrogen and oxygen atoms in total. The number of anilines is 1. The van der Waals surface area contributed by atoms with E-state index in [1.807, 2.05) is 6.07 Å². The standard InChI is InChI=1S/C12H20N4O.ClH/c1-3-16(4-2)11-7-12(15-9-14-11)17-10-5-6-13-8-10;/h7,9-10,13H,3-6,8H2,1-2H3;1H/t10-;/m1./s1. The number of nitrogens with zero attached hydrogens (tertiary/aromatic N) is 3. The van der Waals surface area contributed by atoms with Crippen molar-refractivity contribution in [3.63, 3.8) is 0 Å². The third-order valence-corrected chi connectivity index (χ3v) is 3.02. The molecule has 2 heterocycles. The summed E-state index contributed by atoms with van der Waals surface area (Å²) in [7, 11) is 0. The van der Waals surface area contributed by atoms with Crippen LogP contribution < -0.4 is 15.0 Å². The Morgan fingerprint density at radius 3 is 2.78 bits per heavy atom. The molecule has 2 rings (SSSR count). The van der Waals surface area contributed by atoms with Gasteiger partial charge < -0.3 is 15.0 Å². The van der Waals surface area contributed by atoms with Gasteiger partial charge in [0.1, 0.15) is 18.2 Å². The Morgan fingerprint density at radius 1 is 1.39 bits per heavy atom. The number of hydrogen-bond donors (Lipinski definition) is 1. The van der Waals surface area contributed by atoms with E-state index in [0.29, 0.717) is 5.88 Å². The van der Waals surface area contributed by atoms with Crippen LogP contribution in [0, 0.1) is 0 Å². The number of hydrogen-bond acceptors (Lipinski definition) is 5. The second-order valence-electron chi connectivity index (χ2n) is 4.12. The van der Waals surface area contributed by atoms with Crippen molar-refractivity contribution in [2.45, 2.75) is 26.4 Å². The number of ether oxygens (including phenoxy) is 1. The molecule has 1 saturated heterocycles. The molecule has 102 valence electrons. The normalized spacial score (nSPS) is 18.2. The van der Waals surface area contributed by atoms with E-state index in [0.717, 1.165) is 38.4 Å². The summed E-state index contributed by atoms with van der Waals surface area (Å²) >= 11 is 0. The van der Waals surface area contributed by atoms with E-state index in [9.17, 15) is 0 Å². The summed E-state index contributed by atoms with van der Waals surface area (Å²) in [6.45, 7) is 8.05. The minimum Gasteiger partial charge on any atom is -0.473 e. The molecule has 0 bridgehead atoms. The van der Waals surface area contributed by atoms with E-state index in [1.165, 1.54) is 0 Å². The zero-order chi connectivity index (χ0) is 12.1. The minimum atomic E-state index is 0. The fourth-order valence-corrected chi connectivity index (χ4v) is 2.01. The van der Waals surface area contributed by atoms with Crippen LogP contribution >= 0.6 is 12.4 Å². The lowest BCUT2D eigenvalue weighted by atomic mass is 10.3. The lowest BCUT2D eigenvalue weighted by molar-refractivity contribution is 0.213. The topological polar surface area (TPSA) is 50.3 Å². The van der Waals surface area contributed by atoms with E-state index in [-0.39, 0.29) is 18.5 Å². The Hall–Kier alpha value is -1.07. The maximum atomic E-state index is 5.81. The van der Waals surface area contributed by atoms with E-state index >= 15 is 0 Å². The summed E-state index contributed by atoms with van der Waals surface area (Å²) in [4.78, 5) is 10.6. The van der Waals surface area contributed by atoms with Crippen molar-refractivity contribution in [3.8, 4) is 5.88 Å². The zero-order valence-electron chi connectivity index (χ0n) is 10.9. The fraction of sp³-hybridized carbons (Fsp3) is 0.667. The maximum absolute atomic E-state index is 5.81. The van der Waals surface area contributed by atoms with Crippen LogP contribution in [0.4, 0.5) is 5.82 Å². The van der Waals surface area contributed by atoms with Crippen LogP contribution in [0.25, 0.3) is 0 Å². The van der Waals surface area contributed by atoms with Gasteiger partial charge in [-0.05, 0) is 26.8 Å². The number of halogens is 1. The van der Waals surface area contributed by atoms with Crippen LogP contribution in [-0.4, -0.2) is 42.3 Å². The summed E-state index contributed by atoms with van der Waals surface area (Å²) in [6.07, 6.45) is 2.87. The number of rotatable bonds is 5. The molecule has 1 fully saturated rings. The Labute approximate surface area is 114 Å². The molecule has 1 aliphatic rings. The van der Waals surface area contributed by atoms with Gasteiger partial charge in [-0.15, -0.1) is 12.4 Å². The monoisotopic (exact) mass is 272 g/mol. The van der Waals surface area contributed by atoms with Crippen LogP contribution in [0.2, 0.25) is 0 Å². The Kier molecular flexibility index (Phi) is 6.15. The van der Waals surface area contributed by atoms with Gasteiger partial charge in [0.25, 0.3) is 0 Å². The SMILES string of the molecule is CCN(CC)c1cc(O[C@@H]2CCNC2)ncn1.Cl. The van der Waals surface area contributed by atoms with Crippen molar-refractivity contribution in [1.29, 1.82) is 0 Å². The molecule has 6 heteroatoms. The van der Waals surface area contributed by atoms with Crippen molar-refractivity contribution < 1.29 is 4.74 Å². The van der Waals surface area contributed by atoms with Gasteiger partial charge in [-0.2, -0.15) is 0 Å². The lowest BCUT2D eigenvalue weighted by Gasteiger charge is -2.20. The molecular weight excluding hydrogens is 252 g/mol. The first-order valence-electron chi connectivity index (χ1n) is 6.27. The average Bonchev–Trinajstić information content (AvgIpc) is 2.84. The van der Waals surface area contributed by atoms with Crippen molar-refractivity contribution >= 4 is 18.2 Å². The van der Waals surface area contributed by atoms with Gasteiger partial charge in [-0.25, -0.2) is 9.97 Å². The molecule has 0 aliphatic carbocycles. The van der Waals surface area contributed by atoms with Gasteiger partial charge >= 0.3 is 0 Å². The van der Waals surface area contributed by atoms with Crippen LogP contribution in [0.3, 0.4) is 0 Å². The first-order chi connectivity index (χ1) is 8.33. The minimum absolute atomic E-state index is 0. The summed E-state index contributed by atoms with van der Waals surface area (Å²) in [5, 5.41) is 3.27. The van der Waals surface area contributed by atoms with Crippen molar-refractivity contribution in [2.24, 2.45) is 0 Å². The molecule has 1 aromatic rings. The Morgan fingerprint density at radius 2 is 2.17 bits per heavy atom. The molecule has 1 N–H and O–H groups in total. The van der Waals surface area contributed by atoms with E-state index in [1.54, 1.807) is 6.33 Å². The zero-order valence-corrected chi connectivity index (χ0v) is 11.7. The molecule has 0 amide bonds. The molecule has 0 spiro atoms. The van der Waals surface area contributed by atoms with Crippen LogP contribution in [-0.2, 0) is 0 Å². The Bertz CT molecular complexity index is 354. The maximum Gasteiger partial charge on any atom is 0.218 e. The highest BCUT2D eigenvalue weighted by molar-refractivity contribution is 5.85. The molecule has 0 radical (unpaired) electrons. The number of nitrogens with one attached hydrogen (secondary N) is 1. The quantitative estimate of drug-likeness (QED) is 0.880. The van der Waals surface area contributed by atoms with Crippen LogP contribution in [0.5, 0.6) is 5.88 Å². The molecular formula is C12H21ClN4O. The predicted molar refractivity (Wildman–Crippen MR) is 74.7 cm³/mol. The van der Waals surface area contributed by atoms with Crippen molar-refractivity contribution in [3.05, 3.63) is 12.4 Å². The smallest absolute Gasteiger partial charge is 0.218 e.